The van der Waals surface area contributed by atoms with E-state index >= 15 is 0 Å². The first-order valence-electron chi connectivity index (χ1n) is 8.84. The van der Waals surface area contributed by atoms with Crippen LogP contribution in [0.1, 0.15) is 23.6 Å². The van der Waals surface area contributed by atoms with Crippen LogP contribution in [0.5, 0.6) is 0 Å². The number of benzene rings is 2. The molecule has 2 aromatic rings. The van der Waals surface area contributed by atoms with Gasteiger partial charge >= 0.3 is 0 Å². The summed E-state index contributed by atoms with van der Waals surface area (Å²) in [5.74, 6) is -0.244. The largest absolute Gasteiger partial charge is 0.352 e. The number of carbonyl (C=O) groups excluding carboxylic acids is 1. The second-order valence-electron chi connectivity index (χ2n) is 6.43. The monoisotopic (exact) mass is 375 g/mol. The zero-order valence-electron chi connectivity index (χ0n) is 14.6. The van der Waals surface area contributed by atoms with Crippen molar-refractivity contribution in [1.82, 2.24) is 15.5 Å². The summed E-state index contributed by atoms with van der Waals surface area (Å²) in [6, 6.07) is 14.2. The van der Waals surface area contributed by atoms with Crippen LogP contribution in [0.4, 0.5) is 4.39 Å². The molecule has 2 N–H and O–H groups in total. The second kappa shape index (κ2) is 9.12. The van der Waals surface area contributed by atoms with Crippen LogP contribution in [-0.4, -0.2) is 37.0 Å². The lowest BCUT2D eigenvalue weighted by Crippen LogP contribution is -2.47. The average Bonchev–Trinajstić information content (AvgIpc) is 2.66. The van der Waals surface area contributed by atoms with Gasteiger partial charge in [-0.15, -0.1) is 0 Å². The molecular weight excluding hydrogens is 353 g/mol. The van der Waals surface area contributed by atoms with Crippen LogP contribution in [0.25, 0.3) is 0 Å². The Morgan fingerprint density at radius 2 is 2.12 bits per heavy atom. The Hall–Kier alpha value is -1.95. The summed E-state index contributed by atoms with van der Waals surface area (Å²) in [4.78, 5) is 14.4. The summed E-state index contributed by atoms with van der Waals surface area (Å²) in [5, 5.41) is 6.92. The number of piperazine rings is 1. The number of rotatable bonds is 6. The minimum atomic E-state index is -0.231. The standard InChI is InChI=1S/C20H23ClFN3O/c21-18-7-2-1-4-16(18)13-24-20(26)8-10-25-11-9-23-14-19(25)15-5-3-6-17(22)12-15/h1-7,12,19,23H,8-11,13-14H2,(H,24,26). The zero-order chi connectivity index (χ0) is 18.4. The van der Waals surface area contributed by atoms with Crippen LogP contribution in [0.3, 0.4) is 0 Å². The van der Waals surface area contributed by atoms with Crippen LogP contribution >= 0.6 is 11.6 Å². The molecule has 4 nitrogen and oxygen atoms in total. The summed E-state index contributed by atoms with van der Waals surface area (Å²) in [7, 11) is 0. The Bertz CT molecular complexity index is 755. The molecule has 1 unspecified atom stereocenters. The van der Waals surface area contributed by atoms with Gasteiger partial charge in [0.25, 0.3) is 0 Å². The number of hydrogen-bond acceptors (Lipinski definition) is 3. The predicted molar refractivity (Wildman–Crippen MR) is 101 cm³/mol. The van der Waals surface area contributed by atoms with Crippen LogP contribution in [0.2, 0.25) is 5.02 Å². The minimum Gasteiger partial charge on any atom is -0.352 e. The lowest BCUT2D eigenvalue weighted by atomic mass is 10.0. The Balaban J connectivity index is 1.53. The Morgan fingerprint density at radius 3 is 2.92 bits per heavy atom. The van der Waals surface area contributed by atoms with E-state index in [1.807, 2.05) is 30.3 Å². The summed E-state index contributed by atoms with van der Waals surface area (Å²) in [6.07, 6.45) is 0.399. The second-order valence-corrected chi connectivity index (χ2v) is 6.84. The molecule has 2 aromatic carbocycles. The molecule has 0 spiro atoms. The highest BCUT2D eigenvalue weighted by Gasteiger charge is 2.24. The van der Waals surface area contributed by atoms with Crippen molar-refractivity contribution in [3.63, 3.8) is 0 Å². The van der Waals surface area contributed by atoms with Crippen molar-refractivity contribution in [3.8, 4) is 0 Å². The molecule has 1 heterocycles. The van der Waals surface area contributed by atoms with Gasteiger partial charge in [-0.05, 0) is 29.3 Å². The van der Waals surface area contributed by atoms with E-state index in [1.165, 1.54) is 6.07 Å². The van der Waals surface area contributed by atoms with E-state index in [-0.39, 0.29) is 17.8 Å². The normalized spacial score (nSPS) is 17.8. The van der Waals surface area contributed by atoms with Crippen LogP contribution in [0, 0.1) is 5.82 Å². The van der Waals surface area contributed by atoms with Gasteiger partial charge in [-0.3, -0.25) is 9.69 Å². The van der Waals surface area contributed by atoms with Crippen LogP contribution < -0.4 is 10.6 Å². The highest BCUT2D eigenvalue weighted by Crippen LogP contribution is 2.23. The molecule has 0 saturated carbocycles. The summed E-state index contributed by atoms with van der Waals surface area (Å²) < 4.78 is 13.5. The first-order valence-corrected chi connectivity index (χ1v) is 9.21. The molecular formula is C20H23ClFN3O. The molecule has 1 aliphatic heterocycles. The van der Waals surface area contributed by atoms with Crippen molar-refractivity contribution in [3.05, 3.63) is 70.5 Å². The van der Waals surface area contributed by atoms with E-state index in [4.69, 9.17) is 11.6 Å². The van der Waals surface area contributed by atoms with Gasteiger partial charge in [0.15, 0.2) is 0 Å². The number of nitrogens with zero attached hydrogens (tertiary/aromatic N) is 1. The molecule has 0 radical (unpaired) electrons. The minimum absolute atomic E-state index is 0.0126. The SMILES string of the molecule is O=C(CCN1CCNCC1c1cccc(F)c1)NCc1ccccc1Cl. The fourth-order valence-electron chi connectivity index (χ4n) is 3.23. The number of nitrogens with one attached hydrogen (secondary N) is 2. The van der Waals surface area contributed by atoms with Gasteiger partial charge in [0.1, 0.15) is 5.82 Å². The molecule has 1 amide bonds. The van der Waals surface area contributed by atoms with E-state index < -0.39 is 0 Å². The van der Waals surface area contributed by atoms with Crippen molar-refractivity contribution in [2.24, 2.45) is 0 Å². The Labute approximate surface area is 158 Å². The number of carbonyl (C=O) groups is 1. The average molecular weight is 376 g/mol. The first kappa shape index (κ1) is 18.8. The smallest absolute Gasteiger partial charge is 0.221 e. The lowest BCUT2D eigenvalue weighted by molar-refractivity contribution is -0.121. The first-order chi connectivity index (χ1) is 12.6. The van der Waals surface area contributed by atoms with E-state index in [0.29, 0.717) is 24.5 Å². The fraction of sp³-hybridized carbons (Fsp3) is 0.350. The van der Waals surface area contributed by atoms with Gasteiger partial charge in [-0.1, -0.05) is 41.9 Å². The topological polar surface area (TPSA) is 44.4 Å². The van der Waals surface area contributed by atoms with Gasteiger partial charge in [-0.2, -0.15) is 0 Å². The van der Waals surface area contributed by atoms with Crippen molar-refractivity contribution >= 4 is 17.5 Å². The Morgan fingerprint density at radius 1 is 1.27 bits per heavy atom. The van der Waals surface area contributed by atoms with E-state index in [9.17, 15) is 9.18 Å². The summed E-state index contributed by atoms with van der Waals surface area (Å²) in [5.41, 5.74) is 1.84. The highest BCUT2D eigenvalue weighted by molar-refractivity contribution is 6.31. The molecule has 26 heavy (non-hydrogen) atoms. The van der Waals surface area contributed by atoms with Crippen molar-refractivity contribution in [2.75, 3.05) is 26.2 Å². The van der Waals surface area contributed by atoms with E-state index in [2.05, 4.69) is 15.5 Å². The van der Waals surface area contributed by atoms with Gasteiger partial charge in [0.2, 0.25) is 5.91 Å². The lowest BCUT2D eigenvalue weighted by Gasteiger charge is -2.36. The van der Waals surface area contributed by atoms with Gasteiger partial charge < -0.3 is 10.6 Å². The van der Waals surface area contributed by atoms with Crippen molar-refractivity contribution in [2.45, 2.75) is 19.0 Å². The highest BCUT2D eigenvalue weighted by atomic mass is 35.5. The molecule has 6 heteroatoms. The molecule has 0 aromatic heterocycles. The maximum Gasteiger partial charge on any atom is 0.221 e. The third kappa shape index (κ3) is 5.04. The van der Waals surface area contributed by atoms with E-state index in [0.717, 1.165) is 30.8 Å². The number of hydrogen-bond donors (Lipinski definition) is 2. The maximum atomic E-state index is 13.5. The molecule has 1 aliphatic rings. The van der Waals surface area contributed by atoms with Crippen LogP contribution in [-0.2, 0) is 11.3 Å². The molecule has 138 valence electrons. The molecule has 3 rings (SSSR count). The fourth-order valence-corrected chi connectivity index (χ4v) is 3.43. The van der Waals surface area contributed by atoms with Gasteiger partial charge in [0, 0.05) is 50.2 Å². The molecule has 1 atom stereocenters. The molecule has 1 saturated heterocycles. The third-order valence-corrected chi connectivity index (χ3v) is 5.02. The van der Waals surface area contributed by atoms with Crippen molar-refractivity contribution in [1.29, 1.82) is 0 Å². The molecule has 0 bridgehead atoms. The molecule has 1 fully saturated rings. The Kier molecular flexibility index (Phi) is 6.61. The summed E-state index contributed by atoms with van der Waals surface area (Å²) in [6.45, 7) is 3.52. The zero-order valence-corrected chi connectivity index (χ0v) is 15.3. The predicted octanol–water partition coefficient (Wildman–Crippen LogP) is 3.13. The molecule has 0 aliphatic carbocycles. The maximum absolute atomic E-state index is 13.5. The number of halogens is 2. The summed E-state index contributed by atoms with van der Waals surface area (Å²) >= 11 is 6.11. The quantitative estimate of drug-likeness (QED) is 0.815. The van der Waals surface area contributed by atoms with Gasteiger partial charge in [-0.25, -0.2) is 4.39 Å². The van der Waals surface area contributed by atoms with Crippen LogP contribution in [0.15, 0.2) is 48.5 Å². The van der Waals surface area contributed by atoms with Gasteiger partial charge in [0.05, 0.1) is 0 Å². The number of amides is 1. The van der Waals surface area contributed by atoms with Crippen molar-refractivity contribution < 1.29 is 9.18 Å². The van der Waals surface area contributed by atoms with E-state index in [1.54, 1.807) is 12.1 Å². The third-order valence-electron chi connectivity index (χ3n) is 4.65.